The fourth-order valence-electron chi connectivity index (χ4n) is 4.83. The summed E-state index contributed by atoms with van der Waals surface area (Å²) in [6, 6.07) is 12.6. The highest BCUT2D eigenvalue weighted by Crippen LogP contribution is 2.44. The lowest BCUT2D eigenvalue weighted by Crippen LogP contribution is -2.72. The highest BCUT2D eigenvalue weighted by atomic mass is 19.4. The first-order valence-corrected chi connectivity index (χ1v) is 13.1. The highest BCUT2D eigenvalue weighted by molar-refractivity contribution is 6.27. The van der Waals surface area contributed by atoms with E-state index in [1.165, 1.54) is 0 Å². The van der Waals surface area contributed by atoms with Gasteiger partial charge in [0, 0.05) is 13.0 Å². The van der Waals surface area contributed by atoms with Crippen molar-refractivity contribution >= 4 is 29.6 Å². The van der Waals surface area contributed by atoms with Gasteiger partial charge < -0.3 is 14.8 Å². The van der Waals surface area contributed by atoms with Crippen LogP contribution in [0.2, 0.25) is 0 Å². The summed E-state index contributed by atoms with van der Waals surface area (Å²) in [6.45, 7) is 4.15. The zero-order valence-electron chi connectivity index (χ0n) is 22.4. The van der Waals surface area contributed by atoms with Crippen LogP contribution in [-0.4, -0.2) is 66.0 Å². The number of rotatable bonds is 11. The maximum atomic E-state index is 14.6. The molecule has 13 heteroatoms. The Kier molecular flexibility index (Phi) is 8.64. The number of imide groups is 1. The van der Waals surface area contributed by atoms with E-state index in [1.54, 1.807) is 60.8 Å². The van der Waals surface area contributed by atoms with Gasteiger partial charge in [-0.1, -0.05) is 36.4 Å². The lowest BCUT2D eigenvalue weighted by Gasteiger charge is -2.39. The fourth-order valence-corrected chi connectivity index (χ4v) is 4.83. The molecule has 0 saturated carbocycles. The van der Waals surface area contributed by atoms with Gasteiger partial charge in [-0.05, 0) is 49.9 Å². The molecule has 0 bridgehead atoms. The third-order valence-corrected chi connectivity index (χ3v) is 6.76. The molecule has 0 spiro atoms. The van der Waals surface area contributed by atoms with Gasteiger partial charge in [-0.3, -0.25) is 24.6 Å². The molecule has 10 nitrogen and oxygen atoms in total. The van der Waals surface area contributed by atoms with Gasteiger partial charge in [0.05, 0.1) is 13.2 Å². The molecule has 1 saturated heterocycles. The predicted molar refractivity (Wildman–Crippen MR) is 140 cm³/mol. The van der Waals surface area contributed by atoms with Crippen LogP contribution in [0.15, 0.2) is 53.5 Å². The standard InChI is InChI=1S/C28H29F3N4O6/c1-3-40-19-12-10-18(16-20(19)41-4-2)14-15-35-23-22(24(37)33-26(35)39)27(25(38)32-23,28(29,30)31)34-21(36)13-11-17-8-6-5-7-9-17/h5-10,12,16,22H,3-4,11,13-15H2,1-2H3,(H,34,36)(H,33,37,39). The molecule has 4 rings (SSSR count). The lowest BCUT2D eigenvalue weighted by atomic mass is 9.81. The Morgan fingerprint density at radius 3 is 2.34 bits per heavy atom. The second-order valence-corrected chi connectivity index (χ2v) is 9.39. The van der Waals surface area contributed by atoms with Gasteiger partial charge in [-0.15, -0.1) is 0 Å². The van der Waals surface area contributed by atoms with Gasteiger partial charge in [0.15, 0.2) is 11.5 Å². The summed E-state index contributed by atoms with van der Waals surface area (Å²) < 4.78 is 55.0. The van der Waals surface area contributed by atoms with Crippen LogP contribution in [0.4, 0.5) is 18.0 Å². The summed E-state index contributed by atoms with van der Waals surface area (Å²) in [6.07, 6.45) is -5.54. The highest BCUT2D eigenvalue weighted by Gasteiger charge is 2.73. The van der Waals surface area contributed by atoms with Crippen molar-refractivity contribution in [2.45, 2.75) is 44.8 Å². The maximum absolute atomic E-state index is 14.6. The van der Waals surface area contributed by atoms with E-state index in [2.05, 4.69) is 4.99 Å². The Labute approximate surface area is 233 Å². The number of hydrogen-bond donors (Lipinski definition) is 2. The number of ether oxygens (including phenoxy) is 2. The summed E-state index contributed by atoms with van der Waals surface area (Å²) in [5.41, 5.74) is -2.30. The largest absolute Gasteiger partial charge is 0.490 e. The lowest BCUT2D eigenvalue weighted by molar-refractivity contribution is -0.206. The van der Waals surface area contributed by atoms with E-state index in [-0.39, 0.29) is 25.8 Å². The molecule has 0 aromatic heterocycles. The first-order chi connectivity index (χ1) is 19.5. The van der Waals surface area contributed by atoms with E-state index < -0.39 is 47.2 Å². The Morgan fingerprint density at radius 1 is 1.00 bits per heavy atom. The molecule has 2 aliphatic rings. The summed E-state index contributed by atoms with van der Waals surface area (Å²) >= 11 is 0. The van der Waals surface area contributed by atoms with Crippen molar-refractivity contribution in [2.75, 3.05) is 19.8 Å². The molecular weight excluding hydrogens is 545 g/mol. The van der Waals surface area contributed by atoms with Crippen molar-refractivity contribution in [3.8, 4) is 11.5 Å². The molecule has 1 fully saturated rings. The first kappa shape index (κ1) is 29.6. The number of amidine groups is 1. The third kappa shape index (κ3) is 5.88. The van der Waals surface area contributed by atoms with Crippen molar-refractivity contribution in [1.29, 1.82) is 0 Å². The van der Waals surface area contributed by atoms with Gasteiger partial charge in [0.2, 0.25) is 17.4 Å². The van der Waals surface area contributed by atoms with Crippen molar-refractivity contribution in [3.63, 3.8) is 0 Å². The number of aryl methyl sites for hydroxylation is 1. The van der Waals surface area contributed by atoms with Crippen LogP contribution < -0.4 is 20.1 Å². The molecule has 0 aliphatic carbocycles. The number of carbonyl (C=O) groups is 4. The Balaban J connectivity index is 1.57. The number of fused-ring (bicyclic) bond motifs is 1. The normalized spacial score (nSPS) is 20.3. The van der Waals surface area contributed by atoms with E-state index in [4.69, 9.17) is 9.47 Å². The minimum absolute atomic E-state index is 0.107. The smallest absolute Gasteiger partial charge is 0.422 e. The van der Waals surface area contributed by atoms with Crippen molar-refractivity contribution in [1.82, 2.24) is 15.5 Å². The molecule has 2 aliphatic heterocycles. The molecule has 2 N–H and O–H groups in total. The molecule has 0 radical (unpaired) electrons. The van der Waals surface area contributed by atoms with Crippen molar-refractivity contribution in [2.24, 2.45) is 10.9 Å². The Hall–Kier alpha value is -4.42. The molecule has 2 aromatic carbocycles. The fraction of sp³-hybridized carbons (Fsp3) is 0.393. The quantitative estimate of drug-likeness (QED) is 0.425. The molecule has 2 atom stereocenters. The number of amides is 5. The average molecular weight is 575 g/mol. The number of benzene rings is 2. The number of aliphatic imine (C=N–C) groups is 1. The van der Waals surface area contributed by atoms with Crippen molar-refractivity contribution in [3.05, 3.63) is 59.7 Å². The monoisotopic (exact) mass is 574 g/mol. The first-order valence-electron chi connectivity index (χ1n) is 13.1. The number of carbonyl (C=O) groups excluding carboxylic acids is 4. The minimum Gasteiger partial charge on any atom is -0.490 e. The molecule has 41 heavy (non-hydrogen) atoms. The Morgan fingerprint density at radius 2 is 1.68 bits per heavy atom. The predicted octanol–water partition coefficient (Wildman–Crippen LogP) is 3.18. The maximum Gasteiger partial charge on any atom is 0.422 e. The van der Waals surface area contributed by atoms with Crippen LogP contribution in [0, 0.1) is 5.92 Å². The second kappa shape index (κ2) is 12.0. The number of halogens is 3. The van der Waals surface area contributed by atoms with Crippen LogP contribution in [-0.2, 0) is 27.2 Å². The molecule has 218 valence electrons. The third-order valence-electron chi connectivity index (χ3n) is 6.76. The second-order valence-electron chi connectivity index (χ2n) is 9.39. The Bertz CT molecular complexity index is 1360. The molecule has 5 amide bonds. The summed E-state index contributed by atoms with van der Waals surface area (Å²) in [5, 5.41) is 3.67. The SMILES string of the molecule is CCOc1ccc(CCN2C(=O)NC(=O)C3C2=NC(=O)C3(NC(=O)CCc2ccccc2)C(F)(F)F)cc1OCC. The van der Waals surface area contributed by atoms with E-state index in [0.29, 0.717) is 35.8 Å². The van der Waals surface area contributed by atoms with Gasteiger partial charge in [0.25, 0.3) is 5.91 Å². The zero-order chi connectivity index (χ0) is 29.8. The number of nitrogens with one attached hydrogen (secondary N) is 2. The summed E-state index contributed by atoms with van der Waals surface area (Å²) in [7, 11) is 0. The van der Waals surface area contributed by atoms with Crippen LogP contribution in [0.3, 0.4) is 0 Å². The van der Waals surface area contributed by atoms with Gasteiger partial charge in [-0.2, -0.15) is 18.2 Å². The number of hydrogen-bond acceptors (Lipinski definition) is 6. The number of alkyl halides is 3. The zero-order valence-corrected chi connectivity index (χ0v) is 22.4. The topological polar surface area (TPSA) is 126 Å². The molecular formula is C28H29F3N4O6. The minimum atomic E-state index is -5.40. The van der Waals surface area contributed by atoms with Crippen LogP contribution in [0.25, 0.3) is 0 Å². The van der Waals surface area contributed by atoms with E-state index in [9.17, 15) is 32.3 Å². The van der Waals surface area contributed by atoms with Gasteiger partial charge >= 0.3 is 12.2 Å². The number of nitrogens with zero attached hydrogens (tertiary/aromatic N) is 2. The van der Waals surface area contributed by atoms with E-state index in [1.807, 2.05) is 12.2 Å². The van der Waals surface area contributed by atoms with Crippen LogP contribution >= 0.6 is 0 Å². The van der Waals surface area contributed by atoms with E-state index in [0.717, 1.165) is 4.90 Å². The average Bonchev–Trinajstić information content (AvgIpc) is 3.22. The van der Waals surface area contributed by atoms with Gasteiger partial charge in [0.1, 0.15) is 11.8 Å². The van der Waals surface area contributed by atoms with Gasteiger partial charge in [-0.25, -0.2) is 4.79 Å². The molecule has 2 aromatic rings. The summed E-state index contributed by atoms with van der Waals surface area (Å²) in [5.74, 6) is -6.24. The van der Waals surface area contributed by atoms with Crippen molar-refractivity contribution < 1.29 is 41.8 Å². The molecule has 2 heterocycles. The summed E-state index contributed by atoms with van der Waals surface area (Å²) in [4.78, 5) is 55.5. The van der Waals surface area contributed by atoms with Crippen LogP contribution in [0.1, 0.15) is 31.4 Å². The number of urea groups is 1. The molecule has 2 unspecified atom stereocenters. The van der Waals surface area contributed by atoms with Crippen LogP contribution in [0.5, 0.6) is 11.5 Å². The van der Waals surface area contributed by atoms with E-state index >= 15 is 0 Å².